The lowest BCUT2D eigenvalue weighted by Crippen LogP contribution is -2.39. The molecule has 2 aromatic carbocycles. The van der Waals surface area contributed by atoms with Crippen molar-refractivity contribution in [1.82, 2.24) is 19.0 Å². The first-order valence-corrected chi connectivity index (χ1v) is 13.4. The highest BCUT2D eigenvalue weighted by Crippen LogP contribution is 2.25. The van der Waals surface area contributed by atoms with E-state index in [1.54, 1.807) is 61.1 Å². The van der Waals surface area contributed by atoms with Crippen molar-refractivity contribution in [2.24, 2.45) is 0 Å². The van der Waals surface area contributed by atoms with Crippen LogP contribution in [0.3, 0.4) is 0 Å². The normalized spacial score (nSPS) is 12.5. The van der Waals surface area contributed by atoms with Crippen LogP contribution in [-0.4, -0.2) is 50.7 Å². The minimum absolute atomic E-state index is 0.00317. The molecule has 0 aliphatic heterocycles. The van der Waals surface area contributed by atoms with Crippen molar-refractivity contribution in [3.63, 3.8) is 0 Å². The number of hydrogen-bond donors (Lipinski definition) is 1. The average molecular weight is 485 g/mol. The zero-order valence-corrected chi connectivity index (χ0v) is 19.7. The zero-order chi connectivity index (χ0) is 23.5. The van der Waals surface area contributed by atoms with Crippen molar-refractivity contribution in [3.8, 4) is 0 Å². The summed E-state index contributed by atoms with van der Waals surface area (Å²) in [4.78, 5) is 8.40. The molecule has 0 atom stereocenters. The molecule has 0 spiro atoms. The van der Waals surface area contributed by atoms with Crippen molar-refractivity contribution >= 4 is 41.6 Å². The highest BCUT2D eigenvalue weighted by Gasteiger charge is 2.26. The molecule has 1 N–H and O–H groups in total. The Morgan fingerprint density at radius 1 is 0.788 bits per heavy atom. The van der Waals surface area contributed by atoms with E-state index in [2.05, 4.69) is 14.7 Å². The minimum atomic E-state index is -3.85. The molecular weight excluding hydrogens is 460 g/mol. The van der Waals surface area contributed by atoms with Crippen LogP contribution in [0.5, 0.6) is 0 Å². The summed E-state index contributed by atoms with van der Waals surface area (Å²) in [6.45, 7) is 2.09. The quantitative estimate of drug-likeness (QED) is 0.391. The summed E-state index contributed by atoms with van der Waals surface area (Å²) < 4.78 is 56.7. The Hall–Kier alpha value is -2.92. The fraction of sp³-hybridized carbons (Fsp3) is 0.217. The first-order chi connectivity index (χ1) is 15.8. The molecule has 0 saturated heterocycles. The van der Waals surface area contributed by atoms with Gasteiger partial charge in [0.15, 0.2) is 0 Å². The topological polar surface area (TPSA) is 109 Å². The lowest BCUT2D eigenvalue weighted by Gasteiger charge is -2.22. The molecule has 4 rings (SSSR count). The molecule has 2 aromatic heterocycles. The van der Waals surface area contributed by atoms with E-state index in [9.17, 15) is 16.8 Å². The molecule has 8 nitrogen and oxygen atoms in total. The van der Waals surface area contributed by atoms with Crippen molar-refractivity contribution in [2.75, 3.05) is 19.6 Å². The van der Waals surface area contributed by atoms with Gasteiger partial charge in [0.1, 0.15) is 0 Å². The average Bonchev–Trinajstić information content (AvgIpc) is 2.82. The molecule has 10 heteroatoms. The van der Waals surface area contributed by atoms with Gasteiger partial charge in [-0.3, -0.25) is 9.97 Å². The van der Waals surface area contributed by atoms with Crippen LogP contribution in [0.4, 0.5) is 0 Å². The second kappa shape index (κ2) is 9.52. The van der Waals surface area contributed by atoms with E-state index < -0.39 is 20.0 Å². The summed E-state index contributed by atoms with van der Waals surface area (Å²) >= 11 is 0. The molecule has 0 unspecified atom stereocenters. The first kappa shape index (κ1) is 23.2. The Balaban J connectivity index is 1.57. The van der Waals surface area contributed by atoms with Gasteiger partial charge in [0, 0.05) is 66.0 Å². The minimum Gasteiger partial charge on any atom is -0.264 e. The predicted octanol–water partition coefficient (Wildman–Crippen LogP) is 3.16. The van der Waals surface area contributed by atoms with E-state index in [1.807, 2.05) is 6.92 Å². The summed E-state index contributed by atoms with van der Waals surface area (Å²) in [5.74, 6) is 0. The number of nitrogens with one attached hydrogen (secondary N) is 1. The number of nitrogens with zero attached hydrogens (tertiary/aromatic N) is 3. The molecular formula is C23H24N4O4S2. The maximum Gasteiger partial charge on any atom is 0.243 e. The van der Waals surface area contributed by atoms with E-state index in [4.69, 9.17) is 0 Å². The highest BCUT2D eigenvalue weighted by atomic mass is 32.2. The third-order valence-electron chi connectivity index (χ3n) is 5.32. The van der Waals surface area contributed by atoms with Gasteiger partial charge in [-0.25, -0.2) is 21.6 Å². The predicted molar refractivity (Wildman–Crippen MR) is 128 cm³/mol. The maximum absolute atomic E-state index is 13.5. The number of fused-ring (bicyclic) bond motifs is 2. The smallest absolute Gasteiger partial charge is 0.243 e. The van der Waals surface area contributed by atoms with E-state index in [0.29, 0.717) is 22.6 Å². The Kier molecular flexibility index (Phi) is 6.71. The molecule has 0 aliphatic rings. The number of benzene rings is 2. The summed E-state index contributed by atoms with van der Waals surface area (Å²) in [7, 11) is -7.69. The van der Waals surface area contributed by atoms with Gasteiger partial charge in [-0.05, 0) is 30.7 Å². The summed E-state index contributed by atoms with van der Waals surface area (Å²) in [6, 6.07) is 13.3. The van der Waals surface area contributed by atoms with Crippen LogP contribution in [0.1, 0.15) is 13.3 Å². The number of hydrogen-bond acceptors (Lipinski definition) is 6. The molecule has 0 saturated carbocycles. The SMILES string of the molecule is CCCN(CCNS(=O)(=O)c1cccc2cnccc12)S(=O)(=O)c1cccc2cnccc12. The van der Waals surface area contributed by atoms with Crippen LogP contribution in [0.15, 0.2) is 83.1 Å². The van der Waals surface area contributed by atoms with Crippen LogP contribution in [0.25, 0.3) is 21.5 Å². The number of aromatic nitrogens is 2. The Morgan fingerprint density at radius 3 is 1.97 bits per heavy atom. The molecule has 33 heavy (non-hydrogen) atoms. The molecule has 0 radical (unpaired) electrons. The van der Waals surface area contributed by atoms with E-state index in [-0.39, 0.29) is 29.4 Å². The number of sulfonamides is 2. The second-order valence-electron chi connectivity index (χ2n) is 7.51. The molecule has 0 fully saturated rings. The number of rotatable bonds is 9. The van der Waals surface area contributed by atoms with E-state index in [0.717, 1.165) is 5.39 Å². The van der Waals surface area contributed by atoms with Gasteiger partial charge in [-0.1, -0.05) is 31.2 Å². The Morgan fingerprint density at radius 2 is 1.36 bits per heavy atom. The van der Waals surface area contributed by atoms with Gasteiger partial charge in [0.05, 0.1) is 9.79 Å². The van der Waals surface area contributed by atoms with Crippen molar-refractivity contribution in [1.29, 1.82) is 0 Å². The van der Waals surface area contributed by atoms with Crippen LogP contribution in [-0.2, 0) is 20.0 Å². The summed E-state index contributed by atoms with van der Waals surface area (Å²) in [5.41, 5.74) is 0. The molecule has 172 valence electrons. The summed E-state index contributed by atoms with van der Waals surface area (Å²) in [5, 5.41) is 2.57. The van der Waals surface area contributed by atoms with Crippen LogP contribution in [0, 0.1) is 0 Å². The maximum atomic E-state index is 13.5. The Bertz CT molecular complexity index is 1490. The molecule has 2 heterocycles. The van der Waals surface area contributed by atoms with Crippen LogP contribution in [0.2, 0.25) is 0 Å². The van der Waals surface area contributed by atoms with Gasteiger partial charge in [-0.15, -0.1) is 0 Å². The van der Waals surface area contributed by atoms with E-state index in [1.165, 1.54) is 16.6 Å². The van der Waals surface area contributed by atoms with Gasteiger partial charge in [0.2, 0.25) is 20.0 Å². The Labute approximate surface area is 193 Å². The van der Waals surface area contributed by atoms with Crippen LogP contribution >= 0.6 is 0 Å². The highest BCUT2D eigenvalue weighted by molar-refractivity contribution is 7.90. The summed E-state index contributed by atoms with van der Waals surface area (Å²) in [6.07, 6.45) is 6.90. The standard InChI is InChI=1S/C23H24N4O4S2/c1-2-14-27(33(30,31)23-8-4-6-19-17-25-12-10-21(19)23)15-13-26-32(28,29)22-7-3-5-18-16-24-11-9-20(18)22/h3-12,16-17,26H,2,13-15H2,1H3. The van der Waals surface area contributed by atoms with Gasteiger partial charge in [-0.2, -0.15) is 4.31 Å². The van der Waals surface area contributed by atoms with Gasteiger partial charge < -0.3 is 0 Å². The zero-order valence-electron chi connectivity index (χ0n) is 18.0. The van der Waals surface area contributed by atoms with Crippen molar-refractivity contribution in [3.05, 3.63) is 73.3 Å². The van der Waals surface area contributed by atoms with Gasteiger partial charge in [0.25, 0.3) is 0 Å². The third-order valence-corrected chi connectivity index (χ3v) is 8.79. The van der Waals surface area contributed by atoms with E-state index >= 15 is 0 Å². The fourth-order valence-electron chi connectivity index (χ4n) is 3.77. The lowest BCUT2D eigenvalue weighted by atomic mass is 10.2. The fourth-order valence-corrected chi connectivity index (χ4v) is 6.76. The lowest BCUT2D eigenvalue weighted by molar-refractivity contribution is 0.413. The van der Waals surface area contributed by atoms with Crippen molar-refractivity contribution < 1.29 is 16.8 Å². The third kappa shape index (κ3) is 4.74. The first-order valence-electron chi connectivity index (χ1n) is 10.5. The van der Waals surface area contributed by atoms with Gasteiger partial charge >= 0.3 is 0 Å². The van der Waals surface area contributed by atoms with Crippen molar-refractivity contribution in [2.45, 2.75) is 23.1 Å². The molecule has 4 aromatic rings. The second-order valence-corrected chi connectivity index (χ2v) is 11.1. The number of pyridine rings is 2. The monoisotopic (exact) mass is 484 g/mol. The molecule has 0 bridgehead atoms. The largest absolute Gasteiger partial charge is 0.264 e. The molecule has 0 aliphatic carbocycles. The molecule has 0 amide bonds. The van der Waals surface area contributed by atoms with Crippen LogP contribution < -0.4 is 4.72 Å².